The predicted octanol–water partition coefficient (Wildman–Crippen LogP) is 3.27. The fourth-order valence-corrected chi connectivity index (χ4v) is 1.26. The van der Waals surface area contributed by atoms with E-state index < -0.39 is 47.8 Å². The van der Waals surface area contributed by atoms with Crippen molar-refractivity contribution < 1.29 is 40.3 Å². The monoisotopic (exact) mass is 291 g/mol. The van der Waals surface area contributed by atoms with E-state index in [1.54, 1.807) is 0 Å². The molecule has 0 heterocycles. The van der Waals surface area contributed by atoms with Crippen molar-refractivity contribution in [1.29, 1.82) is 0 Å². The van der Waals surface area contributed by atoms with Crippen molar-refractivity contribution in [2.24, 2.45) is 5.92 Å². The van der Waals surface area contributed by atoms with Crippen LogP contribution in [0.2, 0.25) is 0 Å². The molecule has 2 atom stereocenters. The fourth-order valence-electron chi connectivity index (χ4n) is 1.26. The fraction of sp³-hybridized carbons (Fsp3) is 0.400. The molecule has 1 aliphatic carbocycles. The van der Waals surface area contributed by atoms with Gasteiger partial charge < -0.3 is 4.74 Å². The van der Waals surface area contributed by atoms with Crippen molar-refractivity contribution in [2.45, 2.75) is 11.8 Å². The lowest BCUT2D eigenvalue weighted by Gasteiger charge is -2.31. The molecule has 0 amide bonds. The summed E-state index contributed by atoms with van der Waals surface area (Å²) in [6.45, 7) is 0.996. The molecule has 9 heteroatoms. The van der Waals surface area contributed by atoms with Crippen molar-refractivity contribution >= 4 is 5.97 Å². The quantitative estimate of drug-likeness (QED) is 0.576. The van der Waals surface area contributed by atoms with Crippen molar-refractivity contribution in [1.82, 2.24) is 0 Å². The highest BCUT2D eigenvalue weighted by atomic mass is 19.4. The van der Waals surface area contributed by atoms with Crippen molar-refractivity contribution in [3.8, 4) is 0 Å². The molecule has 0 fully saturated rings. The van der Waals surface area contributed by atoms with Crippen molar-refractivity contribution in [2.75, 3.05) is 6.61 Å². The Bertz CT molecular complexity index is 451. The van der Waals surface area contributed by atoms with Crippen LogP contribution in [-0.2, 0) is 9.53 Å². The second-order valence-corrected chi connectivity index (χ2v) is 3.68. The topological polar surface area (TPSA) is 26.3 Å². The van der Waals surface area contributed by atoms with E-state index in [1.807, 2.05) is 0 Å². The first kappa shape index (κ1) is 15.5. The van der Waals surface area contributed by atoms with Gasteiger partial charge in [0.2, 0.25) is 5.67 Å². The summed E-state index contributed by atoms with van der Waals surface area (Å²) in [5, 5.41) is 0. The van der Waals surface area contributed by atoms with E-state index in [4.69, 9.17) is 0 Å². The molecule has 0 aromatic heterocycles. The third-order valence-electron chi connectivity index (χ3n) is 2.38. The van der Waals surface area contributed by atoms with Gasteiger partial charge in [0.05, 0.1) is 5.92 Å². The standard InChI is InChI=1S/C10H6F7O2/c1-4-7(13)5(11)2-6(12)9(4,14)3-19-8(18)10(15,16)17/h2,4H,1,3H2. The molecule has 0 saturated heterocycles. The molecule has 0 saturated carbocycles. The van der Waals surface area contributed by atoms with Crippen LogP contribution in [0.5, 0.6) is 0 Å². The van der Waals surface area contributed by atoms with Gasteiger partial charge in [-0.1, -0.05) is 0 Å². The lowest BCUT2D eigenvalue weighted by atomic mass is 9.85. The maximum Gasteiger partial charge on any atom is 0.490 e. The summed E-state index contributed by atoms with van der Waals surface area (Å²) in [6, 6.07) is 0. The van der Waals surface area contributed by atoms with Crippen LogP contribution in [0.15, 0.2) is 23.6 Å². The Hall–Kier alpha value is -1.54. The van der Waals surface area contributed by atoms with Crippen LogP contribution in [0.3, 0.4) is 0 Å². The zero-order valence-electron chi connectivity index (χ0n) is 9.03. The highest BCUT2D eigenvalue weighted by molar-refractivity contribution is 5.75. The number of hydrogen-bond donors (Lipinski definition) is 0. The largest absolute Gasteiger partial charge is 0.490 e. The third kappa shape index (κ3) is 2.90. The van der Waals surface area contributed by atoms with Gasteiger partial charge in [-0.25, -0.2) is 22.4 Å². The zero-order chi connectivity index (χ0) is 15.0. The number of carbonyl (C=O) groups excluding carboxylic acids is 1. The minimum atomic E-state index is -5.42. The molecule has 0 aliphatic heterocycles. The Kier molecular flexibility index (Phi) is 3.97. The van der Waals surface area contributed by atoms with Gasteiger partial charge >= 0.3 is 12.1 Å². The molecule has 0 aromatic carbocycles. The molecule has 1 rings (SSSR count). The Morgan fingerprint density at radius 2 is 1.89 bits per heavy atom. The molecule has 0 spiro atoms. The van der Waals surface area contributed by atoms with E-state index in [0.717, 1.165) is 0 Å². The third-order valence-corrected chi connectivity index (χ3v) is 2.38. The molecule has 0 aromatic rings. The van der Waals surface area contributed by atoms with Crippen LogP contribution in [-0.4, -0.2) is 24.4 Å². The van der Waals surface area contributed by atoms with E-state index >= 15 is 0 Å². The van der Waals surface area contributed by atoms with E-state index in [1.165, 1.54) is 0 Å². The normalized spacial score (nSPS) is 28.2. The van der Waals surface area contributed by atoms with E-state index in [0.29, 0.717) is 0 Å². The highest BCUT2D eigenvalue weighted by Gasteiger charge is 2.50. The smallest absolute Gasteiger partial charge is 0.455 e. The highest BCUT2D eigenvalue weighted by Crippen LogP contribution is 2.42. The molecule has 0 bridgehead atoms. The summed E-state index contributed by atoms with van der Waals surface area (Å²) < 4.78 is 91.7. The Labute approximate surface area is 102 Å². The molecule has 19 heavy (non-hydrogen) atoms. The molecule has 107 valence electrons. The van der Waals surface area contributed by atoms with Gasteiger partial charge in [0, 0.05) is 6.08 Å². The van der Waals surface area contributed by atoms with Gasteiger partial charge in [-0.3, -0.25) is 0 Å². The number of esters is 1. The first-order chi connectivity index (χ1) is 8.50. The van der Waals surface area contributed by atoms with Gasteiger partial charge in [-0.2, -0.15) is 13.2 Å². The molecule has 2 nitrogen and oxygen atoms in total. The molecule has 1 aliphatic rings. The Morgan fingerprint density at radius 3 is 2.37 bits per heavy atom. The Morgan fingerprint density at radius 1 is 1.37 bits per heavy atom. The molecular formula is C10H6F7O2. The number of halogens is 7. The zero-order valence-corrected chi connectivity index (χ0v) is 9.03. The number of alkyl halides is 4. The average Bonchev–Trinajstić information content (AvgIpc) is 2.30. The molecule has 1 radical (unpaired) electrons. The SMILES string of the molecule is [CH2]C1C(F)=C(F)C=C(F)C1(F)COC(=O)C(F)(F)F. The Balaban J connectivity index is 2.89. The molecular weight excluding hydrogens is 285 g/mol. The predicted molar refractivity (Wildman–Crippen MR) is 48.1 cm³/mol. The van der Waals surface area contributed by atoms with Crippen LogP contribution in [0.4, 0.5) is 30.7 Å². The maximum atomic E-state index is 13.9. The minimum absolute atomic E-state index is 0.182. The number of carbonyl (C=O) groups is 1. The summed E-state index contributed by atoms with van der Waals surface area (Å²) in [7, 11) is 0. The van der Waals surface area contributed by atoms with Crippen LogP contribution < -0.4 is 0 Å². The van der Waals surface area contributed by atoms with Crippen molar-refractivity contribution in [3.63, 3.8) is 0 Å². The van der Waals surface area contributed by atoms with E-state index in [9.17, 15) is 35.5 Å². The van der Waals surface area contributed by atoms with E-state index in [-0.39, 0.29) is 6.08 Å². The molecule has 0 N–H and O–H groups in total. The van der Waals surface area contributed by atoms with Crippen molar-refractivity contribution in [3.05, 3.63) is 30.5 Å². The van der Waals surface area contributed by atoms with E-state index in [2.05, 4.69) is 11.7 Å². The summed E-state index contributed by atoms with van der Waals surface area (Å²) in [6.07, 6.45) is -5.60. The average molecular weight is 291 g/mol. The summed E-state index contributed by atoms with van der Waals surface area (Å²) >= 11 is 0. The van der Waals surface area contributed by atoms with Crippen LogP contribution in [0, 0.1) is 12.8 Å². The number of ether oxygens (including phenoxy) is 1. The first-order valence-corrected chi connectivity index (χ1v) is 4.69. The van der Waals surface area contributed by atoms with Gasteiger partial charge in [0.25, 0.3) is 0 Å². The number of allylic oxidation sites excluding steroid dienone is 3. The minimum Gasteiger partial charge on any atom is -0.455 e. The van der Waals surface area contributed by atoms with Gasteiger partial charge in [-0.05, 0) is 6.92 Å². The number of rotatable bonds is 2. The van der Waals surface area contributed by atoms with Crippen LogP contribution in [0.1, 0.15) is 0 Å². The molecule has 2 unspecified atom stereocenters. The second-order valence-electron chi connectivity index (χ2n) is 3.68. The van der Waals surface area contributed by atoms with Gasteiger partial charge in [0.1, 0.15) is 18.3 Å². The maximum absolute atomic E-state index is 13.9. The summed E-state index contributed by atoms with van der Waals surface area (Å²) in [5.41, 5.74) is -3.49. The van der Waals surface area contributed by atoms with Gasteiger partial charge in [0.15, 0.2) is 5.83 Å². The number of hydrogen-bond acceptors (Lipinski definition) is 2. The lowest BCUT2D eigenvalue weighted by molar-refractivity contribution is -0.203. The summed E-state index contributed by atoms with van der Waals surface area (Å²) in [4.78, 5) is 10.4. The lowest BCUT2D eigenvalue weighted by Crippen LogP contribution is -2.42. The van der Waals surface area contributed by atoms with Gasteiger partial charge in [-0.15, -0.1) is 0 Å². The van der Waals surface area contributed by atoms with Crippen LogP contribution in [0.25, 0.3) is 0 Å². The summed E-state index contributed by atoms with van der Waals surface area (Å²) in [5.74, 6) is -10.5. The first-order valence-electron chi connectivity index (χ1n) is 4.69. The second kappa shape index (κ2) is 4.86. The van der Waals surface area contributed by atoms with Crippen LogP contribution >= 0.6 is 0 Å².